The van der Waals surface area contributed by atoms with Crippen LogP contribution in [0.1, 0.15) is 13.3 Å². The first-order chi connectivity index (χ1) is 15.7. The van der Waals surface area contributed by atoms with Crippen molar-refractivity contribution >= 4 is 27.0 Å². The molecule has 8 nitrogen and oxygen atoms in total. The second-order valence-electron chi connectivity index (χ2n) is 7.87. The summed E-state index contributed by atoms with van der Waals surface area (Å²) < 4.78 is 56.8. The van der Waals surface area contributed by atoms with Gasteiger partial charge in [0.05, 0.1) is 11.0 Å². The van der Waals surface area contributed by atoms with E-state index in [0.29, 0.717) is 18.1 Å². The van der Waals surface area contributed by atoms with E-state index in [2.05, 4.69) is 0 Å². The lowest BCUT2D eigenvalue weighted by Gasteiger charge is -2.34. The van der Waals surface area contributed by atoms with Crippen LogP contribution in [-0.4, -0.2) is 58.8 Å². The topological polar surface area (TPSA) is 84.6 Å². The number of amides is 1. The molecule has 0 aliphatic carbocycles. The minimum absolute atomic E-state index is 0.0304. The van der Waals surface area contributed by atoms with Crippen molar-refractivity contribution in [3.63, 3.8) is 0 Å². The largest absolute Gasteiger partial charge is 0.338 e. The Labute approximate surface area is 189 Å². The SMILES string of the molecule is CCCn1c(=O)n(CC(=O)N2CCN(S(=O)(=O)c3ccc(F)cc3F)CC2)c2ccccc21. The number of hydrogen-bond donors (Lipinski definition) is 0. The fraction of sp³-hybridized carbons (Fsp3) is 0.364. The lowest BCUT2D eigenvalue weighted by atomic mass is 10.3. The molecule has 0 unspecified atom stereocenters. The highest BCUT2D eigenvalue weighted by Gasteiger charge is 2.32. The Balaban J connectivity index is 1.49. The first-order valence-corrected chi connectivity index (χ1v) is 12.1. The monoisotopic (exact) mass is 478 g/mol. The summed E-state index contributed by atoms with van der Waals surface area (Å²) in [5.41, 5.74) is 1.16. The Morgan fingerprint density at radius 3 is 2.21 bits per heavy atom. The van der Waals surface area contributed by atoms with Gasteiger partial charge >= 0.3 is 5.69 Å². The van der Waals surface area contributed by atoms with Crippen LogP contribution < -0.4 is 5.69 Å². The Morgan fingerprint density at radius 2 is 1.61 bits per heavy atom. The van der Waals surface area contributed by atoms with Crippen molar-refractivity contribution in [2.45, 2.75) is 31.3 Å². The number of piperazine rings is 1. The van der Waals surface area contributed by atoms with Gasteiger partial charge in [-0.3, -0.25) is 13.9 Å². The standard InChI is InChI=1S/C22H24F2N4O4S/c1-2-9-27-18-5-3-4-6-19(18)28(22(27)30)15-21(29)25-10-12-26(13-11-25)33(31,32)20-8-7-16(23)14-17(20)24/h3-8,14H,2,9-13,15H2,1H3. The number of para-hydroxylation sites is 2. The van der Waals surface area contributed by atoms with Gasteiger partial charge < -0.3 is 4.90 Å². The van der Waals surface area contributed by atoms with E-state index in [-0.39, 0.29) is 44.3 Å². The van der Waals surface area contributed by atoms with Crippen LogP contribution in [0, 0.1) is 11.6 Å². The summed E-state index contributed by atoms with van der Waals surface area (Å²) in [6.45, 7) is 2.49. The summed E-state index contributed by atoms with van der Waals surface area (Å²) in [5, 5.41) is 0. The van der Waals surface area contributed by atoms with E-state index < -0.39 is 26.6 Å². The van der Waals surface area contributed by atoms with Crippen LogP contribution in [0.5, 0.6) is 0 Å². The van der Waals surface area contributed by atoms with E-state index in [0.717, 1.165) is 28.4 Å². The highest BCUT2D eigenvalue weighted by molar-refractivity contribution is 7.89. The summed E-state index contributed by atoms with van der Waals surface area (Å²) in [6, 6.07) is 9.59. The molecule has 3 aromatic rings. The molecule has 0 radical (unpaired) electrons. The molecule has 176 valence electrons. The summed E-state index contributed by atoms with van der Waals surface area (Å²) in [4.78, 5) is 26.7. The quantitative estimate of drug-likeness (QED) is 0.543. The number of aromatic nitrogens is 2. The van der Waals surface area contributed by atoms with Crippen LogP contribution in [-0.2, 0) is 27.9 Å². The number of halogens is 2. The van der Waals surface area contributed by atoms with E-state index in [9.17, 15) is 26.8 Å². The zero-order valence-electron chi connectivity index (χ0n) is 18.1. The van der Waals surface area contributed by atoms with Gasteiger partial charge in [-0.2, -0.15) is 4.31 Å². The van der Waals surface area contributed by atoms with Crippen molar-refractivity contribution in [2.75, 3.05) is 26.2 Å². The van der Waals surface area contributed by atoms with Gasteiger partial charge in [-0.1, -0.05) is 19.1 Å². The Bertz CT molecular complexity index is 1360. The summed E-state index contributed by atoms with van der Waals surface area (Å²) in [7, 11) is -4.16. The predicted octanol–water partition coefficient (Wildman–Crippen LogP) is 2.02. The van der Waals surface area contributed by atoms with Crippen LogP contribution >= 0.6 is 0 Å². The number of aryl methyl sites for hydroxylation is 1. The molecule has 11 heteroatoms. The molecule has 1 amide bonds. The lowest BCUT2D eigenvalue weighted by Crippen LogP contribution is -2.51. The highest BCUT2D eigenvalue weighted by atomic mass is 32.2. The van der Waals surface area contributed by atoms with Gasteiger partial charge in [0.25, 0.3) is 0 Å². The van der Waals surface area contributed by atoms with Crippen molar-refractivity contribution in [3.05, 3.63) is 64.6 Å². The number of nitrogens with zero attached hydrogens (tertiary/aromatic N) is 4. The van der Waals surface area contributed by atoms with Crippen molar-refractivity contribution in [2.24, 2.45) is 0 Å². The molecule has 1 aliphatic heterocycles. The predicted molar refractivity (Wildman–Crippen MR) is 118 cm³/mol. The molecule has 1 fully saturated rings. The molecule has 1 aliphatic rings. The third-order valence-corrected chi connectivity index (χ3v) is 7.70. The zero-order chi connectivity index (χ0) is 23.8. The number of hydrogen-bond acceptors (Lipinski definition) is 4. The molecular weight excluding hydrogens is 454 g/mol. The van der Waals surface area contributed by atoms with Crippen LogP contribution in [0.25, 0.3) is 11.0 Å². The van der Waals surface area contributed by atoms with Crippen molar-refractivity contribution in [1.82, 2.24) is 18.3 Å². The fourth-order valence-corrected chi connectivity index (χ4v) is 5.57. The average Bonchev–Trinajstić information content (AvgIpc) is 3.05. The fourth-order valence-electron chi connectivity index (χ4n) is 4.10. The van der Waals surface area contributed by atoms with Gasteiger partial charge in [0, 0.05) is 38.8 Å². The molecule has 0 N–H and O–H groups in total. The van der Waals surface area contributed by atoms with Crippen molar-refractivity contribution < 1.29 is 22.0 Å². The molecule has 2 aromatic carbocycles. The molecule has 33 heavy (non-hydrogen) atoms. The number of sulfonamides is 1. The molecule has 1 aromatic heterocycles. The molecule has 4 rings (SSSR count). The number of fused-ring (bicyclic) bond motifs is 1. The second-order valence-corrected chi connectivity index (χ2v) is 9.78. The van der Waals surface area contributed by atoms with E-state index in [1.54, 1.807) is 16.7 Å². The first-order valence-electron chi connectivity index (χ1n) is 10.6. The van der Waals surface area contributed by atoms with E-state index in [1.807, 2.05) is 19.1 Å². The van der Waals surface area contributed by atoms with Crippen LogP contribution in [0.4, 0.5) is 8.78 Å². The molecule has 2 heterocycles. The van der Waals surface area contributed by atoms with Gasteiger partial charge in [-0.05, 0) is 30.7 Å². The Morgan fingerprint density at radius 1 is 0.970 bits per heavy atom. The molecule has 0 saturated carbocycles. The summed E-state index contributed by atoms with van der Waals surface area (Å²) in [6.07, 6.45) is 0.771. The highest BCUT2D eigenvalue weighted by Crippen LogP contribution is 2.22. The molecular formula is C22H24F2N4O4S. The van der Waals surface area contributed by atoms with Gasteiger partial charge in [-0.25, -0.2) is 22.0 Å². The summed E-state index contributed by atoms with van der Waals surface area (Å²) in [5.74, 6) is -2.32. The molecule has 0 spiro atoms. The molecule has 1 saturated heterocycles. The summed E-state index contributed by atoms with van der Waals surface area (Å²) >= 11 is 0. The number of imidazole rings is 1. The van der Waals surface area contributed by atoms with Crippen molar-refractivity contribution in [1.29, 1.82) is 0 Å². The lowest BCUT2D eigenvalue weighted by molar-refractivity contribution is -0.133. The van der Waals surface area contributed by atoms with Crippen molar-refractivity contribution in [3.8, 4) is 0 Å². The smallest absolute Gasteiger partial charge is 0.329 e. The second kappa shape index (κ2) is 9.06. The molecule has 0 bridgehead atoms. The molecule has 0 atom stereocenters. The van der Waals surface area contributed by atoms with E-state index in [1.165, 1.54) is 9.47 Å². The van der Waals surface area contributed by atoms with Crippen LogP contribution in [0.3, 0.4) is 0 Å². The minimum Gasteiger partial charge on any atom is -0.338 e. The van der Waals surface area contributed by atoms with E-state index >= 15 is 0 Å². The number of carbonyl (C=O) groups is 1. The number of benzene rings is 2. The normalized spacial score (nSPS) is 15.3. The first kappa shape index (κ1) is 23.1. The zero-order valence-corrected chi connectivity index (χ0v) is 18.9. The number of carbonyl (C=O) groups excluding carboxylic acids is 1. The maximum absolute atomic E-state index is 14.0. The van der Waals surface area contributed by atoms with Crippen LogP contribution in [0.2, 0.25) is 0 Å². The number of rotatable bonds is 6. The van der Waals surface area contributed by atoms with Gasteiger partial charge in [-0.15, -0.1) is 0 Å². The van der Waals surface area contributed by atoms with Gasteiger partial charge in [0.15, 0.2) is 0 Å². The third-order valence-electron chi connectivity index (χ3n) is 5.77. The maximum atomic E-state index is 14.0. The maximum Gasteiger partial charge on any atom is 0.329 e. The Hall–Kier alpha value is -3.05. The van der Waals surface area contributed by atoms with Gasteiger partial charge in [0.1, 0.15) is 23.1 Å². The average molecular weight is 479 g/mol. The third kappa shape index (κ3) is 4.30. The van der Waals surface area contributed by atoms with Gasteiger partial charge in [0.2, 0.25) is 15.9 Å². The minimum atomic E-state index is -4.16. The van der Waals surface area contributed by atoms with Crippen LogP contribution in [0.15, 0.2) is 52.2 Å². The van der Waals surface area contributed by atoms with E-state index in [4.69, 9.17) is 0 Å². The Kier molecular flexibility index (Phi) is 6.35.